The van der Waals surface area contributed by atoms with Gasteiger partial charge in [0.2, 0.25) is 0 Å². The van der Waals surface area contributed by atoms with Crippen molar-refractivity contribution in [3.05, 3.63) is 55.1 Å². The van der Waals surface area contributed by atoms with Crippen molar-refractivity contribution in [2.75, 3.05) is 20.1 Å². The number of hydrogen-bond acceptors (Lipinski definition) is 3. The van der Waals surface area contributed by atoms with E-state index in [1.54, 1.807) is 12.1 Å². The summed E-state index contributed by atoms with van der Waals surface area (Å²) in [6, 6.07) is 5.99. The molecule has 0 heterocycles. The first-order chi connectivity index (χ1) is 10.7. The third-order valence-corrected chi connectivity index (χ3v) is 3.57. The molecule has 0 aliphatic heterocycles. The number of benzene rings is 1. The van der Waals surface area contributed by atoms with Crippen molar-refractivity contribution in [2.24, 2.45) is 0 Å². The van der Waals surface area contributed by atoms with Gasteiger partial charge in [0.05, 0.1) is 4.90 Å². The third kappa shape index (κ3) is 15.2. The molecule has 1 N–H and O–H groups in total. The zero-order chi connectivity index (χ0) is 18.3. The lowest BCUT2D eigenvalue weighted by Gasteiger charge is -2.09. The van der Waals surface area contributed by atoms with E-state index in [2.05, 4.69) is 31.9 Å². The fourth-order valence-electron chi connectivity index (χ4n) is 1.23. The molecule has 0 bridgehead atoms. The Morgan fingerprint density at radius 1 is 1.04 bits per heavy atom. The molecule has 1 rings (SSSR count). The van der Waals surface area contributed by atoms with E-state index in [1.165, 1.54) is 25.0 Å². The van der Waals surface area contributed by atoms with E-state index in [1.807, 2.05) is 26.1 Å². The van der Waals surface area contributed by atoms with Gasteiger partial charge < -0.3 is 0 Å². The van der Waals surface area contributed by atoms with Crippen LogP contribution in [-0.4, -0.2) is 38.0 Å². The lowest BCUT2D eigenvalue weighted by Crippen LogP contribution is -2.17. The van der Waals surface area contributed by atoms with Crippen LogP contribution in [0.15, 0.2) is 54.5 Å². The number of nitrogens with zero attached hydrogens (tertiary/aromatic N) is 1. The van der Waals surface area contributed by atoms with E-state index < -0.39 is 10.1 Å². The van der Waals surface area contributed by atoms with Gasteiger partial charge in [-0.05, 0) is 26.1 Å². The zero-order valence-corrected chi connectivity index (χ0v) is 15.6. The molecule has 1 aromatic rings. The largest absolute Gasteiger partial charge is 0.299 e. The highest BCUT2D eigenvalue weighted by Crippen LogP contribution is 2.08. The Morgan fingerprint density at radius 3 is 1.70 bits per heavy atom. The van der Waals surface area contributed by atoms with Gasteiger partial charge in [0.1, 0.15) is 0 Å². The Hall–Kier alpha value is -1.43. The van der Waals surface area contributed by atoms with Crippen molar-refractivity contribution in [2.45, 2.75) is 38.5 Å². The molecule has 0 aromatic heterocycles. The van der Waals surface area contributed by atoms with Crippen LogP contribution in [0.3, 0.4) is 0 Å². The molecule has 0 spiro atoms. The highest BCUT2D eigenvalue weighted by Gasteiger charge is 2.06. The monoisotopic (exact) mass is 341 g/mol. The molecule has 1 aromatic carbocycles. The molecule has 132 valence electrons. The summed E-state index contributed by atoms with van der Waals surface area (Å²) < 4.78 is 29.6. The van der Waals surface area contributed by atoms with Crippen molar-refractivity contribution in [3.63, 3.8) is 0 Å². The van der Waals surface area contributed by atoms with Gasteiger partial charge in [-0.25, -0.2) is 0 Å². The predicted molar refractivity (Wildman–Crippen MR) is 99.5 cm³/mol. The molecular weight excluding hydrogens is 310 g/mol. The summed E-state index contributed by atoms with van der Waals surface area (Å²) in [6.07, 6.45) is 6.40. The van der Waals surface area contributed by atoms with Crippen LogP contribution in [-0.2, 0) is 10.1 Å². The molecule has 0 saturated carbocycles. The highest BCUT2D eigenvalue weighted by molar-refractivity contribution is 7.85. The van der Waals surface area contributed by atoms with Gasteiger partial charge in [0.15, 0.2) is 0 Å². The molecule has 0 unspecified atom stereocenters. The number of rotatable bonds is 6. The SMILES string of the molecule is C=CCN(C)CC=C.CCCC.Cc1ccc(S(=O)(=O)O)cc1. The zero-order valence-electron chi connectivity index (χ0n) is 14.8. The van der Waals surface area contributed by atoms with Crippen LogP contribution in [0.1, 0.15) is 32.3 Å². The second kappa shape index (κ2) is 14.2. The second-order valence-corrected chi connectivity index (χ2v) is 6.51. The third-order valence-electron chi connectivity index (χ3n) is 2.70. The molecule has 0 aliphatic rings. The van der Waals surface area contributed by atoms with Crippen LogP contribution in [0.25, 0.3) is 0 Å². The summed E-state index contributed by atoms with van der Waals surface area (Å²) in [4.78, 5) is 2.06. The van der Waals surface area contributed by atoms with Gasteiger partial charge in [-0.2, -0.15) is 8.42 Å². The Kier molecular flexibility index (Phi) is 14.7. The van der Waals surface area contributed by atoms with Crippen molar-refractivity contribution in [3.8, 4) is 0 Å². The van der Waals surface area contributed by atoms with Gasteiger partial charge in [0.25, 0.3) is 10.1 Å². The number of hydrogen-bond donors (Lipinski definition) is 1. The standard InChI is InChI=1S/C7H13N.C7H8O3S.C4H10/c1-4-6-8(3)7-5-2;1-6-2-4-7(5-3-6)11(8,9)10;1-3-4-2/h4-5H,1-2,6-7H2,3H3;2-5H,1H3,(H,8,9,10);3-4H2,1-2H3. The van der Waals surface area contributed by atoms with E-state index in [0.717, 1.165) is 18.7 Å². The molecule has 4 nitrogen and oxygen atoms in total. The smallest absolute Gasteiger partial charge is 0.294 e. The van der Waals surface area contributed by atoms with Crippen molar-refractivity contribution in [1.29, 1.82) is 0 Å². The average Bonchev–Trinajstić information content (AvgIpc) is 2.48. The van der Waals surface area contributed by atoms with E-state index in [0.29, 0.717) is 0 Å². The normalized spacial score (nSPS) is 10.0. The first-order valence-electron chi connectivity index (χ1n) is 7.67. The maximum absolute atomic E-state index is 10.5. The summed E-state index contributed by atoms with van der Waals surface area (Å²) in [6.45, 7) is 15.3. The lowest BCUT2D eigenvalue weighted by atomic mass is 10.2. The molecule has 0 atom stereocenters. The molecule has 0 aliphatic carbocycles. The van der Waals surface area contributed by atoms with Gasteiger partial charge in [0, 0.05) is 13.1 Å². The summed E-state index contributed by atoms with van der Waals surface area (Å²) in [5, 5.41) is 0. The van der Waals surface area contributed by atoms with Crippen LogP contribution in [0.4, 0.5) is 0 Å². The van der Waals surface area contributed by atoms with Crippen LogP contribution in [0.5, 0.6) is 0 Å². The van der Waals surface area contributed by atoms with Crippen LogP contribution in [0.2, 0.25) is 0 Å². The topological polar surface area (TPSA) is 57.6 Å². The minimum atomic E-state index is -4.02. The van der Waals surface area contributed by atoms with Gasteiger partial charge in [-0.3, -0.25) is 9.45 Å². The van der Waals surface area contributed by atoms with Gasteiger partial charge in [-0.1, -0.05) is 56.5 Å². The molecular formula is C18H31NO3S. The highest BCUT2D eigenvalue weighted by atomic mass is 32.2. The van der Waals surface area contributed by atoms with Crippen LogP contribution in [0, 0.1) is 6.92 Å². The summed E-state index contributed by atoms with van der Waals surface area (Å²) in [5.74, 6) is 0. The Bertz CT molecular complexity index is 510. The number of unbranched alkanes of at least 4 members (excludes halogenated alkanes) is 1. The Balaban J connectivity index is 0. The van der Waals surface area contributed by atoms with E-state index in [4.69, 9.17) is 4.55 Å². The quantitative estimate of drug-likeness (QED) is 0.618. The Labute approximate surface area is 142 Å². The molecule has 5 heteroatoms. The van der Waals surface area contributed by atoms with E-state index in [9.17, 15) is 8.42 Å². The molecule has 0 saturated heterocycles. The number of likely N-dealkylation sites (N-methyl/N-ethyl adjacent to an activating group) is 1. The Morgan fingerprint density at radius 2 is 1.43 bits per heavy atom. The summed E-state index contributed by atoms with van der Waals surface area (Å²) >= 11 is 0. The molecule has 0 amide bonds. The number of aryl methyl sites for hydroxylation is 1. The second-order valence-electron chi connectivity index (χ2n) is 5.09. The van der Waals surface area contributed by atoms with Gasteiger partial charge in [-0.15, -0.1) is 13.2 Å². The van der Waals surface area contributed by atoms with E-state index in [-0.39, 0.29) is 4.90 Å². The van der Waals surface area contributed by atoms with Crippen molar-refractivity contribution < 1.29 is 13.0 Å². The summed E-state index contributed by atoms with van der Waals surface area (Å²) in [5.41, 5.74) is 0.956. The van der Waals surface area contributed by atoms with Crippen molar-refractivity contribution >= 4 is 10.1 Å². The molecule has 0 fully saturated rings. The fraction of sp³-hybridized carbons (Fsp3) is 0.444. The maximum Gasteiger partial charge on any atom is 0.294 e. The first kappa shape index (κ1) is 23.8. The lowest BCUT2D eigenvalue weighted by molar-refractivity contribution is 0.413. The van der Waals surface area contributed by atoms with Crippen LogP contribution >= 0.6 is 0 Å². The fourth-order valence-corrected chi connectivity index (χ4v) is 1.71. The van der Waals surface area contributed by atoms with Gasteiger partial charge >= 0.3 is 0 Å². The molecule has 23 heavy (non-hydrogen) atoms. The summed E-state index contributed by atoms with van der Waals surface area (Å²) in [7, 11) is -1.99. The predicted octanol–water partition coefficient (Wildman–Crippen LogP) is 4.34. The maximum atomic E-state index is 10.5. The minimum Gasteiger partial charge on any atom is -0.299 e. The van der Waals surface area contributed by atoms with E-state index >= 15 is 0 Å². The average molecular weight is 342 g/mol. The minimum absolute atomic E-state index is 0.0666. The molecule has 0 radical (unpaired) electrons. The first-order valence-corrected chi connectivity index (χ1v) is 9.11. The van der Waals surface area contributed by atoms with Crippen molar-refractivity contribution in [1.82, 2.24) is 4.90 Å². The van der Waals surface area contributed by atoms with Crippen LogP contribution < -0.4 is 0 Å².